The molecule has 2 aliphatic rings. The van der Waals surface area contributed by atoms with E-state index in [0.717, 1.165) is 17.8 Å². The number of hydrogen-bond acceptors (Lipinski definition) is 0. The van der Waals surface area contributed by atoms with Gasteiger partial charge in [0, 0.05) is 5.56 Å². The fourth-order valence-electron chi connectivity index (χ4n) is 4.55. The van der Waals surface area contributed by atoms with Crippen molar-refractivity contribution in [2.45, 2.75) is 64.6 Å². The molecule has 1 aromatic rings. The first-order valence-corrected chi connectivity index (χ1v) is 12.6. The van der Waals surface area contributed by atoms with E-state index >= 15 is 0 Å². The number of allylic oxidation sites excluding steroid dienone is 2. The van der Waals surface area contributed by atoms with Crippen LogP contribution in [0.4, 0.5) is 0 Å². The third-order valence-corrected chi connectivity index (χ3v) is 11.4. The van der Waals surface area contributed by atoms with Crippen molar-refractivity contribution >= 4 is 8.07 Å². The second kappa shape index (κ2) is 7.75. The van der Waals surface area contributed by atoms with Crippen LogP contribution in [0, 0.1) is 29.2 Å². The van der Waals surface area contributed by atoms with E-state index in [-0.39, 0.29) is 0 Å². The van der Waals surface area contributed by atoms with Crippen LogP contribution in [-0.4, -0.2) is 8.07 Å². The molecule has 1 saturated carbocycles. The van der Waals surface area contributed by atoms with Crippen molar-refractivity contribution in [3.63, 3.8) is 0 Å². The molecule has 0 amide bonds. The number of aryl methyl sites for hydroxylation is 1. The molecule has 3 rings (SSSR count). The Morgan fingerprint density at radius 2 is 1.67 bits per heavy atom. The van der Waals surface area contributed by atoms with E-state index in [0.29, 0.717) is 0 Å². The zero-order valence-corrected chi connectivity index (χ0v) is 16.6. The molecule has 1 aromatic carbocycles. The Kier molecular flexibility index (Phi) is 5.67. The summed E-state index contributed by atoms with van der Waals surface area (Å²) in [5.41, 5.74) is 6.38. The van der Waals surface area contributed by atoms with E-state index in [1.165, 1.54) is 54.9 Å². The van der Waals surface area contributed by atoms with Gasteiger partial charge in [-0.3, -0.25) is 0 Å². The van der Waals surface area contributed by atoms with Crippen molar-refractivity contribution < 1.29 is 0 Å². The smallest absolute Gasteiger partial charge is 0.126 e. The molecule has 0 radical (unpaired) electrons. The Morgan fingerprint density at radius 1 is 0.958 bits per heavy atom. The largest absolute Gasteiger partial charge is 0.138 e. The third-order valence-electron chi connectivity index (χ3n) is 6.68. The molecule has 2 aliphatic carbocycles. The van der Waals surface area contributed by atoms with Gasteiger partial charge < -0.3 is 0 Å². The Hall–Kier alpha value is -1.26. The topological polar surface area (TPSA) is 0 Å². The molecule has 0 aromatic heterocycles. The summed E-state index contributed by atoms with van der Waals surface area (Å²) in [4.78, 5) is 0. The number of rotatable bonds is 6. The fraction of sp³-hybridized carbons (Fsp3) is 0.565. The molecule has 0 N–H and O–H groups in total. The molecular formula is C23H32Si. The lowest BCUT2D eigenvalue weighted by molar-refractivity contribution is 0.416. The quantitative estimate of drug-likeness (QED) is 0.328. The maximum Gasteiger partial charge on any atom is 0.138 e. The highest BCUT2D eigenvalue weighted by atomic mass is 28.3. The molecule has 3 unspecified atom stereocenters. The molecule has 0 saturated heterocycles. The van der Waals surface area contributed by atoms with Crippen LogP contribution >= 0.6 is 0 Å². The minimum atomic E-state index is -1.32. The predicted octanol–water partition coefficient (Wildman–Crippen LogP) is 6.23. The normalized spacial score (nSPS) is 24.9. The van der Waals surface area contributed by atoms with Crippen molar-refractivity contribution in [1.82, 2.24) is 0 Å². The van der Waals surface area contributed by atoms with Gasteiger partial charge in [-0.2, -0.15) is 0 Å². The standard InChI is InChI=1S/C23H32Si/c1-4-24(5-2,6-3)16-15-20-9-7-19(8-10-20)11-13-22-17-21-12-14-23(22)18-21/h7-10,12,14,21-23H,4-6,11,13,17-18H2,1-3H3. The van der Waals surface area contributed by atoms with Gasteiger partial charge in [-0.1, -0.05) is 51.0 Å². The van der Waals surface area contributed by atoms with Crippen LogP contribution in [-0.2, 0) is 6.42 Å². The molecule has 128 valence electrons. The van der Waals surface area contributed by atoms with Crippen molar-refractivity contribution in [1.29, 1.82) is 0 Å². The van der Waals surface area contributed by atoms with Gasteiger partial charge in [0.1, 0.15) is 8.07 Å². The van der Waals surface area contributed by atoms with Crippen LogP contribution in [0.25, 0.3) is 0 Å². The Balaban J connectivity index is 1.57. The third kappa shape index (κ3) is 3.86. The molecule has 0 heterocycles. The summed E-state index contributed by atoms with van der Waals surface area (Å²) in [7, 11) is -1.32. The van der Waals surface area contributed by atoms with Crippen molar-refractivity contribution in [2.75, 3.05) is 0 Å². The predicted molar refractivity (Wildman–Crippen MR) is 108 cm³/mol. The summed E-state index contributed by atoms with van der Waals surface area (Å²) < 4.78 is 0. The van der Waals surface area contributed by atoms with Crippen LogP contribution < -0.4 is 0 Å². The number of fused-ring (bicyclic) bond motifs is 2. The molecular weight excluding hydrogens is 304 g/mol. The molecule has 1 heteroatoms. The van der Waals surface area contributed by atoms with Crippen LogP contribution in [0.15, 0.2) is 36.4 Å². The molecule has 0 aliphatic heterocycles. The highest BCUT2D eigenvalue weighted by molar-refractivity contribution is 6.87. The number of hydrogen-bond donors (Lipinski definition) is 0. The average molecular weight is 337 g/mol. The first kappa shape index (κ1) is 17.6. The maximum atomic E-state index is 3.69. The Bertz CT molecular complexity index is 616. The van der Waals surface area contributed by atoms with Crippen molar-refractivity contribution in [3.05, 3.63) is 47.5 Å². The summed E-state index contributed by atoms with van der Waals surface area (Å²) in [5, 5.41) is 0. The lowest BCUT2D eigenvalue weighted by Crippen LogP contribution is -2.29. The van der Waals surface area contributed by atoms with Gasteiger partial charge in [0.25, 0.3) is 0 Å². The summed E-state index contributed by atoms with van der Waals surface area (Å²) in [6, 6.07) is 12.9. The zero-order valence-electron chi connectivity index (χ0n) is 15.6. The minimum absolute atomic E-state index is 0.885. The average Bonchev–Trinajstić information content (AvgIpc) is 3.26. The van der Waals surface area contributed by atoms with E-state index in [1.807, 2.05) is 0 Å². The number of benzene rings is 1. The van der Waals surface area contributed by atoms with Gasteiger partial charge in [-0.25, -0.2) is 0 Å². The van der Waals surface area contributed by atoms with E-state index in [1.54, 1.807) is 0 Å². The second-order valence-corrected chi connectivity index (χ2v) is 12.8. The summed E-state index contributed by atoms with van der Waals surface area (Å²) in [5.74, 6) is 6.21. The molecule has 0 spiro atoms. The molecule has 24 heavy (non-hydrogen) atoms. The highest BCUT2D eigenvalue weighted by Crippen LogP contribution is 2.45. The minimum Gasteiger partial charge on any atom is -0.126 e. The van der Waals surface area contributed by atoms with Crippen LogP contribution in [0.3, 0.4) is 0 Å². The molecule has 0 nitrogen and oxygen atoms in total. The van der Waals surface area contributed by atoms with Gasteiger partial charge in [0.2, 0.25) is 0 Å². The van der Waals surface area contributed by atoms with Gasteiger partial charge in [0.15, 0.2) is 0 Å². The second-order valence-electron chi connectivity index (χ2n) is 7.87. The maximum absolute atomic E-state index is 3.69. The van der Waals surface area contributed by atoms with Crippen LogP contribution in [0.5, 0.6) is 0 Å². The lowest BCUT2D eigenvalue weighted by Gasteiger charge is -2.20. The molecule has 2 bridgehead atoms. The Morgan fingerprint density at radius 3 is 2.21 bits per heavy atom. The lowest BCUT2D eigenvalue weighted by atomic mass is 9.88. The summed E-state index contributed by atoms with van der Waals surface area (Å²) in [6.45, 7) is 6.96. The summed E-state index contributed by atoms with van der Waals surface area (Å²) in [6.07, 6.45) is 10.4. The monoisotopic (exact) mass is 336 g/mol. The first-order valence-electron chi connectivity index (χ1n) is 9.98. The Labute approximate surface area is 149 Å². The van der Waals surface area contributed by atoms with E-state index in [2.05, 4.69) is 68.7 Å². The van der Waals surface area contributed by atoms with Crippen molar-refractivity contribution in [3.8, 4) is 11.5 Å². The van der Waals surface area contributed by atoms with Crippen molar-refractivity contribution in [2.24, 2.45) is 17.8 Å². The molecule has 3 atom stereocenters. The zero-order chi connectivity index (χ0) is 17.0. The SMILES string of the molecule is CC[Si](C#Cc1ccc(CCC2CC3C=CC2C3)cc1)(CC)CC. The first-order chi connectivity index (χ1) is 11.7. The van der Waals surface area contributed by atoms with Gasteiger partial charge in [-0.15, -0.1) is 5.54 Å². The van der Waals surface area contributed by atoms with E-state index in [9.17, 15) is 0 Å². The highest BCUT2D eigenvalue weighted by Gasteiger charge is 2.34. The van der Waals surface area contributed by atoms with E-state index < -0.39 is 8.07 Å². The van der Waals surface area contributed by atoms with Crippen LogP contribution in [0.2, 0.25) is 18.1 Å². The fourth-order valence-corrected chi connectivity index (χ4v) is 6.99. The molecule has 1 fully saturated rings. The van der Waals surface area contributed by atoms with Gasteiger partial charge >= 0.3 is 0 Å². The van der Waals surface area contributed by atoms with Crippen LogP contribution in [0.1, 0.15) is 51.2 Å². The van der Waals surface area contributed by atoms with Gasteiger partial charge in [-0.05, 0) is 79.3 Å². The van der Waals surface area contributed by atoms with E-state index in [4.69, 9.17) is 0 Å². The van der Waals surface area contributed by atoms with Gasteiger partial charge in [0.05, 0.1) is 0 Å². The summed E-state index contributed by atoms with van der Waals surface area (Å²) >= 11 is 0.